The zero-order chi connectivity index (χ0) is 32.7. The number of aryl methyl sites for hydroxylation is 4. The number of methoxy groups -OCH3 is 1. The highest BCUT2D eigenvalue weighted by Gasteiger charge is 2.16. The number of anilines is 2. The van der Waals surface area contributed by atoms with E-state index >= 15 is 0 Å². The van der Waals surface area contributed by atoms with Gasteiger partial charge in [-0.3, -0.25) is 15.0 Å². The van der Waals surface area contributed by atoms with Gasteiger partial charge >= 0.3 is 0 Å². The summed E-state index contributed by atoms with van der Waals surface area (Å²) in [6.45, 7) is 16.7. The number of ether oxygens (including phenoxy) is 1. The van der Waals surface area contributed by atoms with Crippen molar-refractivity contribution in [3.8, 4) is 0 Å². The van der Waals surface area contributed by atoms with Gasteiger partial charge in [0.1, 0.15) is 6.73 Å². The Hall–Kier alpha value is -4.20. The Morgan fingerprint density at radius 3 is 2.46 bits per heavy atom. The van der Waals surface area contributed by atoms with Gasteiger partial charge in [-0.2, -0.15) is 0 Å². The number of rotatable bonds is 19. The number of benzene rings is 3. The van der Waals surface area contributed by atoms with Gasteiger partial charge in [0.25, 0.3) is 0 Å². The van der Waals surface area contributed by atoms with Crippen LogP contribution in [0.5, 0.6) is 0 Å². The van der Waals surface area contributed by atoms with Crippen molar-refractivity contribution in [3.05, 3.63) is 119 Å². The van der Waals surface area contributed by atoms with Crippen LogP contribution in [0, 0.1) is 19.8 Å². The number of thioether (sulfide) groups is 1. The zero-order valence-electron chi connectivity index (χ0n) is 27.5. The number of allylic oxidation sites excluding steroid dienone is 1. The molecule has 0 saturated carbocycles. The standard InChI is InChI=1S/C39H47N5OS/c1-28-20-34(39(43-27-45-6)37(21-28)41-5)26-46-38-24-33(29(2)22-36(38)40-4)18-17-32(15-10-14-31-12-8-7-9-13-31)23-30(3)44-35-16-11-19-42-25-35/h7-9,11-13,16,19-22,24-25,32,43-44H,3-5,10,14-15,17-18,23,26-27H2,1-2,6H3. The van der Waals surface area contributed by atoms with Crippen molar-refractivity contribution in [3.63, 3.8) is 0 Å². The van der Waals surface area contributed by atoms with Gasteiger partial charge in [-0.1, -0.05) is 43.0 Å². The Morgan fingerprint density at radius 1 is 0.935 bits per heavy atom. The van der Waals surface area contributed by atoms with Crippen molar-refractivity contribution in [2.75, 3.05) is 24.5 Å². The highest BCUT2D eigenvalue weighted by Crippen LogP contribution is 2.39. The Kier molecular flexibility index (Phi) is 13.6. The molecule has 1 atom stereocenters. The first-order valence-electron chi connectivity index (χ1n) is 15.8. The summed E-state index contributed by atoms with van der Waals surface area (Å²) in [5.41, 5.74) is 11.0. The second-order valence-corrected chi connectivity index (χ2v) is 12.8. The van der Waals surface area contributed by atoms with E-state index < -0.39 is 0 Å². The molecule has 7 heteroatoms. The molecule has 0 aliphatic rings. The second kappa shape index (κ2) is 18.1. The topological polar surface area (TPSA) is 70.9 Å². The quantitative estimate of drug-likeness (QED) is 0.0611. The summed E-state index contributed by atoms with van der Waals surface area (Å²) in [5, 5.41) is 6.84. The molecule has 240 valence electrons. The maximum atomic E-state index is 5.29. The summed E-state index contributed by atoms with van der Waals surface area (Å²) in [6, 6.07) is 23.5. The molecule has 0 saturated heterocycles. The summed E-state index contributed by atoms with van der Waals surface area (Å²) < 4.78 is 5.29. The molecular weight excluding hydrogens is 587 g/mol. The Bertz CT molecular complexity index is 1590. The van der Waals surface area contributed by atoms with Gasteiger partial charge in [0.05, 0.1) is 28.9 Å². The van der Waals surface area contributed by atoms with Crippen molar-refractivity contribution < 1.29 is 4.74 Å². The molecule has 0 amide bonds. The fraction of sp³-hybridized carbons (Fsp3) is 0.308. The molecule has 2 N–H and O–H groups in total. The smallest absolute Gasteiger partial charge is 0.116 e. The summed E-state index contributed by atoms with van der Waals surface area (Å²) in [7, 11) is 1.67. The SMILES string of the molecule is C=Nc1cc(C)c(CCC(CCCc2ccccc2)CC(=C)Nc2cccnc2)cc1SCc1cc(C)cc(N=C)c1NCOC. The van der Waals surface area contributed by atoms with Crippen molar-refractivity contribution in [2.45, 2.75) is 63.0 Å². The fourth-order valence-corrected chi connectivity index (χ4v) is 6.83. The van der Waals surface area contributed by atoms with Crippen LogP contribution in [-0.2, 0) is 23.3 Å². The summed E-state index contributed by atoms with van der Waals surface area (Å²) >= 11 is 1.77. The van der Waals surface area contributed by atoms with Crippen LogP contribution in [-0.4, -0.2) is 32.3 Å². The van der Waals surface area contributed by atoms with Crippen LogP contribution in [0.2, 0.25) is 0 Å². The van der Waals surface area contributed by atoms with Crippen LogP contribution >= 0.6 is 11.8 Å². The normalized spacial score (nSPS) is 11.5. The second-order valence-electron chi connectivity index (χ2n) is 11.7. The lowest BCUT2D eigenvalue weighted by Crippen LogP contribution is -2.09. The predicted molar refractivity (Wildman–Crippen MR) is 199 cm³/mol. The molecule has 0 fully saturated rings. The van der Waals surface area contributed by atoms with E-state index in [0.29, 0.717) is 12.6 Å². The molecule has 1 heterocycles. The summed E-state index contributed by atoms with van der Waals surface area (Å²) in [4.78, 5) is 14.0. The highest BCUT2D eigenvalue weighted by atomic mass is 32.2. The first kappa shape index (κ1) is 34.7. The van der Waals surface area contributed by atoms with Gasteiger partial charge in [-0.05, 0) is 130 Å². The molecule has 4 aromatic rings. The number of hydrogen-bond donors (Lipinski definition) is 2. The Balaban J connectivity index is 1.48. The molecule has 1 aromatic heterocycles. The minimum absolute atomic E-state index is 0.397. The molecule has 4 rings (SSSR count). The van der Waals surface area contributed by atoms with Crippen LogP contribution in [0.1, 0.15) is 53.5 Å². The molecule has 0 aliphatic heterocycles. The van der Waals surface area contributed by atoms with E-state index in [4.69, 9.17) is 4.74 Å². The summed E-state index contributed by atoms with van der Waals surface area (Å²) in [6.07, 6.45) is 9.98. The minimum Gasteiger partial charge on any atom is -0.365 e. The Morgan fingerprint density at radius 2 is 1.74 bits per heavy atom. The number of hydrogen-bond acceptors (Lipinski definition) is 7. The summed E-state index contributed by atoms with van der Waals surface area (Å²) in [5.74, 6) is 1.25. The van der Waals surface area contributed by atoms with Gasteiger partial charge < -0.3 is 15.4 Å². The third kappa shape index (κ3) is 10.4. The third-order valence-corrected chi connectivity index (χ3v) is 9.23. The first-order valence-corrected chi connectivity index (χ1v) is 16.8. The fourth-order valence-electron chi connectivity index (χ4n) is 5.79. The van der Waals surface area contributed by atoms with E-state index in [2.05, 4.69) is 108 Å². The molecule has 0 aliphatic carbocycles. The molecule has 6 nitrogen and oxygen atoms in total. The molecule has 46 heavy (non-hydrogen) atoms. The molecule has 1 unspecified atom stereocenters. The number of aromatic nitrogens is 1. The highest BCUT2D eigenvalue weighted by molar-refractivity contribution is 7.98. The zero-order valence-corrected chi connectivity index (χ0v) is 28.3. The lowest BCUT2D eigenvalue weighted by Gasteiger charge is -2.21. The minimum atomic E-state index is 0.397. The van der Waals surface area contributed by atoms with E-state index in [1.54, 1.807) is 25.1 Å². The van der Waals surface area contributed by atoms with Gasteiger partial charge in [0.2, 0.25) is 0 Å². The average molecular weight is 634 g/mol. The van der Waals surface area contributed by atoms with E-state index in [0.717, 1.165) is 88.7 Å². The van der Waals surface area contributed by atoms with Crippen LogP contribution in [0.15, 0.2) is 106 Å². The van der Waals surface area contributed by atoms with Gasteiger partial charge in [-0.15, -0.1) is 11.8 Å². The molecule has 0 bridgehead atoms. The number of aliphatic imine (C=N–C) groups is 2. The molecule has 3 aromatic carbocycles. The molecule has 0 spiro atoms. The van der Waals surface area contributed by atoms with Gasteiger partial charge in [0.15, 0.2) is 0 Å². The van der Waals surface area contributed by atoms with Crippen LogP contribution < -0.4 is 10.6 Å². The van der Waals surface area contributed by atoms with E-state index in [-0.39, 0.29) is 0 Å². The number of nitrogens with one attached hydrogen (secondary N) is 2. The Labute approximate surface area is 279 Å². The number of pyridine rings is 1. The average Bonchev–Trinajstić information content (AvgIpc) is 3.06. The molecular formula is C39H47N5OS. The van der Waals surface area contributed by atoms with Crippen molar-refractivity contribution in [1.29, 1.82) is 0 Å². The van der Waals surface area contributed by atoms with Crippen LogP contribution in [0.25, 0.3) is 0 Å². The predicted octanol–water partition coefficient (Wildman–Crippen LogP) is 10.3. The van der Waals surface area contributed by atoms with Crippen molar-refractivity contribution in [2.24, 2.45) is 15.9 Å². The van der Waals surface area contributed by atoms with Gasteiger partial charge in [0, 0.05) is 29.7 Å². The number of nitrogens with zero attached hydrogens (tertiary/aromatic N) is 3. The lowest BCUT2D eigenvalue weighted by atomic mass is 9.89. The van der Waals surface area contributed by atoms with Crippen LogP contribution in [0.4, 0.5) is 22.7 Å². The van der Waals surface area contributed by atoms with E-state index in [1.165, 1.54) is 16.7 Å². The van der Waals surface area contributed by atoms with Crippen molar-refractivity contribution in [1.82, 2.24) is 4.98 Å². The maximum absolute atomic E-state index is 5.29. The van der Waals surface area contributed by atoms with Gasteiger partial charge in [-0.25, -0.2) is 0 Å². The van der Waals surface area contributed by atoms with Crippen LogP contribution in [0.3, 0.4) is 0 Å². The van der Waals surface area contributed by atoms with E-state index in [9.17, 15) is 0 Å². The first-order chi connectivity index (χ1) is 22.4. The largest absolute Gasteiger partial charge is 0.365 e. The van der Waals surface area contributed by atoms with E-state index in [1.807, 2.05) is 24.4 Å². The third-order valence-electron chi connectivity index (χ3n) is 8.14. The monoisotopic (exact) mass is 633 g/mol. The van der Waals surface area contributed by atoms with Crippen molar-refractivity contribution >= 4 is 47.9 Å². The maximum Gasteiger partial charge on any atom is 0.116 e. The lowest BCUT2D eigenvalue weighted by molar-refractivity contribution is 0.221. The molecule has 0 radical (unpaired) electrons.